The number of nitrogens with zero attached hydrogens (tertiary/aromatic N) is 3. The number of aryl methyl sites for hydroxylation is 1. The molecule has 0 aromatic carbocycles. The molecule has 120 valence electrons. The van der Waals surface area contributed by atoms with Crippen LogP contribution in [0.5, 0.6) is 0 Å². The van der Waals surface area contributed by atoms with E-state index < -0.39 is 24.1 Å². The van der Waals surface area contributed by atoms with Crippen LogP contribution in [0.2, 0.25) is 0 Å². The molecule has 10 heteroatoms. The van der Waals surface area contributed by atoms with Gasteiger partial charge in [0.25, 0.3) is 0 Å². The molecule has 0 radical (unpaired) electrons. The first kappa shape index (κ1) is 14.9. The normalized spacial score (nSPS) is 19.1. The average molecular weight is 324 g/mol. The van der Waals surface area contributed by atoms with Crippen LogP contribution in [0, 0.1) is 6.92 Å². The number of hydrogen-bond acceptors (Lipinski definition) is 3. The lowest BCUT2D eigenvalue weighted by Gasteiger charge is -2.27. The maximum absolute atomic E-state index is 13.0. The molecule has 3 heterocycles. The number of pyridine rings is 1. The molecule has 2 aromatic heterocycles. The van der Waals surface area contributed by atoms with Crippen molar-refractivity contribution in [2.45, 2.75) is 31.7 Å². The quantitative estimate of drug-likeness (QED) is 0.752. The zero-order valence-electron chi connectivity index (χ0n) is 11.2. The maximum Gasteiger partial charge on any atom is 0.433 e. The second-order valence-electron chi connectivity index (χ2n) is 5.09. The molecule has 1 atom stereocenters. The minimum absolute atomic E-state index is 0.0577. The van der Waals surface area contributed by atoms with Gasteiger partial charge >= 0.3 is 12.4 Å². The molecule has 2 aromatic rings. The molecule has 1 aliphatic heterocycles. The van der Waals surface area contributed by atoms with Crippen molar-refractivity contribution in [3.63, 3.8) is 0 Å². The number of aromatic nitrogens is 3. The van der Waals surface area contributed by atoms with Gasteiger partial charge < -0.3 is 5.32 Å². The molecule has 0 saturated carbocycles. The van der Waals surface area contributed by atoms with Crippen LogP contribution in [0.15, 0.2) is 6.07 Å². The molecule has 0 spiro atoms. The summed E-state index contributed by atoms with van der Waals surface area (Å²) in [5, 5.41) is 6.61. The van der Waals surface area contributed by atoms with Crippen molar-refractivity contribution in [3.05, 3.63) is 17.3 Å². The van der Waals surface area contributed by atoms with Gasteiger partial charge in [-0.05, 0) is 25.0 Å². The molecular formula is C12H10F6N4. The number of halogens is 6. The molecule has 1 aliphatic rings. The lowest BCUT2D eigenvalue weighted by Crippen LogP contribution is -2.33. The lowest BCUT2D eigenvalue weighted by atomic mass is 10.1. The molecule has 1 N–H and O–H groups in total. The monoisotopic (exact) mass is 324 g/mol. The van der Waals surface area contributed by atoms with E-state index in [0.29, 0.717) is 4.68 Å². The highest BCUT2D eigenvalue weighted by Gasteiger charge is 2.45. The Morgan fingerprint density at radius 2 is 1.91 bits per heavy atom. The Morgan fingerprint density at radius 1 is 1.23 bits per heavy atom. The SMILES string of the molecule is Cc1cc(C(F)(F)F)nc2nn3c(c12)NCCC3C(F)(F)F. The van der Waals surface area contributed by atoms with Gasteiger partial charge in [0.15, 0.2) is 11.7 Å². The second-order valence-corrected chi connectivity index (χ2v) is 5.09. The van der Waals surface area contributed by atoms with Gasteiger partial charge in [0.05, 0.1) is 5.39 Å². The largest absolute Gasteiger partial charge is 0.433 e. The summed E-state index contributed by atoms with van der Waals surface area (Å²) in [5.41, 5.74) is -1.34. The smallest absolute Gasteiger partial charge is 0.370 e. The van der Waals surface area contributed by atoms with Gasteiger partial charge in [0, 0.05) is 6.54 Å². The Morgan fingerprint density at radius 3 is 2.50 bits per heavy atom. The highest BCUT2D eigenvalue weighted by Crippen LogP contribution is 2.41. The van der Waals surface area contributed by atoms with Crippen LogP contribution in [0.4, 0.5) is 32.2 Å². The molecule has 0 saturated heterocycles. The van der Waals surface area contributed by atoms with Gasteiger partial charge in [-0.25, -0.2) is 9.67 Å². The Kier molecular flexibility index (Phi) is 3.05. The standard InChI is InChI=1S/C12H10F6N4/c1-5-4-6(11(13,14)15)20-9-8(5)10-19-3-2-7(12(16,17)18)22(10)21-9/h4,7,19H,2-3H2,1H3. The predicted octanol–water partition coefficient (Wildman–Crippen LogP) is 3.68. The summed E-state index contributed by atoms with van der Waals surface area (Å²) in [6.07, 6.45) is -9.45. The fourth-order valence-electron chi connectivity index (χ4n) is 2.58. The van der Waals surface area contributed by atoms with Crippen molar-refractivity contribution in [1.82, 2.24) is 14.8 Å². The fourth-order valence-corrected chi connectivity index (χ4v) is 2.58. The summed E-state index contributed by atoms with van der Waals surface area (Å²) in [6, 6.07) is -1.06. The van der Waals surface area contributed by atoms with E-state index in [1.54, 1.807) is 0 Å². The summed E-state index contributed by atoms with van der Waals surface area (Å²) >= 11 is 0. The number of fused-ring (bicyclic) bond motifs is 3. The topological polar surface area (TPSA) is 42.7 Å². The summed E-state index contributed by atoms with van der Waals surface area (Å²) in [7, 11) is 0. The molecule has 4 nitrogen and oxygen atoms in total. The van der Waals surface area contributed by atoms with Gasteiger partial charge in [-0.1, -0.05) is 0 Å². The van der Waals surface area contributed by atoms with Gasteiger partial charge in [0.2, 0.25) is 0 Å². The molecular weight excluding hydrogens is 314 g/mol. The maximum atomic E-state index is 13.0. The van der Waals surface area contributed by atoms with Gasteiger partial charge in [-0.2, -0.15) is 26.3 Å². The summed E-state index contributed by atoms with van der Waals surface area (Å²) < 4.78 is 78.0. The predicted molar refractivity (Wildman–Crippen MR) is 65.5 cm³/mol. The van der Waals surface area contributed by atoms with Crippen LogP contribution in [-0.4, -0.2) is 27.5 Å². The minimum Gasteiger partial charge on any atom is -0.370 e. The zero-order chi connectivity index (χ0) is 16.3. The molecule has 22 heavy (non-hydrogen) atoms. The molecule has 0 aliphatic carbocycles. The first-order valence-corrected chi connectivity index (χ1v) is 6.36. The molecule has 0 bridgehead atoms. The molecule has 3 rings (SSSR count). The first-order chi connectivity index (χ1) is 10.1. The van der Waals surface area contributed by atoms with Crippen molar-refractivity contribution < 1.29 is 26.3 Å². The second kappa shape index (κ2) is 4.50. The van der Waals surface area contributed by atoms with Crippen molar-refractivity contribution >= 4 is 16.9 Å². The fraction of sp³-hybridized carbons (Fsp3) is 0.500. The zero-order valence-corrected chi connectivity index (χ0v) is 11.2. The van der Waals surface area contributed by atoms with E-state index in [1.165, 1.54) is 6.92 Å². The first-order valence-electron chi connectivity index (χ1n) is 6.36. The van der Waals surface area contributed by atoms with Crippen LogP contribution in [0.3, 0.4) is 0 Å². The minimum atomic E-state index is -4.68. The highest BCUT2D eigenvalue weighted by atomic mass is 19.4. The van der Waals surface area contributed by atoms with Crippen molar-refractivity contribution in [2.24, 2.45) is 0 Å². The van der Waals surface area contributed by atoms with E-state index >= 15 is 0 Å². The Labute approximate surface area is 120 Å². The summed E-state index contributed by atoms with van der Waals surface area (Å²) in [6.45, 7) is 1.45. The third-order valence-corrected chi connectivity index (χ3v) is 3.54. The van der Waals surface area contributed by atoms with Gasteiger partial charge in [-0.15, -0.1) is 5.10 Å². The summed E-state index contributed by atoms with van der Waals surface area (Å²) in [4.78, 5) is 3.36. The number of rotatable bonds is 0. The van der Waals surface area contributed by atoms with E-state index in [-0.39, 0.29) is 35.4 Å². The molecule has 0 amide bonds. The Balaban J connectivity index is 2.24. The van der Waals surface area contributed by atoms with E-state index in [0.717, 1.165) is 6.07 Å². The number of hydrogen-bond donors (Lipinski definition) is 1. The molecule has 0 fully saturated rings. The van der Waals surface area contributed by atoms with E-state index in [2.05, 4.69) is 15.4 Å². The summed E-state index contributed by atoms with van der Waals surface area (Å²) in [5.74, 6) is 0.0577. The van der Waals surface area contributed by atoms with Crippen molar-refractivity contribution in [2.75, 3.05) is 11.9 Å². The van der Waals surface area contributed by atoms with Crippen LogP contribution in [0.25, 0.3) is 11.0 Å². The van der Waals surface area contributed by atoms with Crippen LogP contribution in [-0.2, 0) is 6.18 Å². The number of nitrogens with one attached hydrogen (secondary N) is 1. The third kappa shape index (κ3) is 2.26. The Bertz CT molecular complexity index is 730. The Hall–Kier alpha value is -2.00. The van der Waals surface area contributed by atoms with E-state index in [1.807, 2.05) is 0 Å². The van der Waals surface area contributed by atoms with Crippen LogP contribution >= 0.6 is 0 Å². The van der Waals surface area contributed by atoms with Crippen molar-refractivity contribution in [1.29, 1.82) is 0 Å². The third-order valence-electron chi connectivity index (χ3n) is 3.54. The number of anilines is 1. The lowest BCUT2D eigenvalue weighted by molar-refractivity contribution is -0.171. The van der Waals surface area contributed by atoms with Crippen molar-refractivity contribution in [3.8, 4) is 0 Å². The van der Waals surface area contributed by atoms with Gasteiger partial charge in [0.1, 0.15) is 11.5 Å². The van der Waals surface area contributed by atoms with Crippen LogP contribution < -0.4 is 5.32 Å². The average Bonchev–Trinajstić information content (AvgIpc) is 2.74. The van der Waals surface area contributed by atoms with E-state index in [4.69, 9.17) is 0 Å². The van der Waals surface area contributed by atoms with Gasteiger partial charge in [-0.3, -0.25) is 0 Å². The molecule has 1 unspecified atom stereocenters. The van der Waals surface area contributed by atoms with E-state index in [9.17, 15) is 26.3 Å². The highest BCUT2D eigenvalue weighted by molar-refractivity contribution is 5.91. The van der Waals surface area contributed by atoms with Crippen LogP contribution in [0.1, 0.15) is 23.7 Å². The number of alkyl halides is 6.